The molecule has 1 atom stereocenters. The number of hydrogen-bond acceptors (Lipinski definition) is 4. The summed E-state index contributed by atoms with van der Waals surface area (Å²) in [6.45, 7) is 5.61. The molecule has 0 spiro atoms. The lowest BCUT2D eigenvalue weighted by Crippen LogP contribution is -2.30. The number of ether oxygens (including phenoxy) is 1. The van der Waals surface area contributed by atoms with Crippen molar-refractivity contribution in [3.8, 4) is 5.75 Å². The Morgan fingerprint density at radius 2 is 1.71 bits per heavy atom. The van der Waals surface area contributed by atoms with Crippen molar-refractivity contribution in [2.75, 3.05) is 5.32 Å². The van der Waals surface area contributed by atoms with Gasteiger partial charge in [-0.3, -0.25) is 4.79 Å². The molecule has 2 aromatic carbocycles. The summed E-state index contributed by atoms with van der Waals surface area (Å²) < 4.78 is 28.0. The van der Waals surface area contributed by atoms with Crippen LogP contribution in [0.1, 0.15) is 18.1 Å². The number of amides is 1. The van der Waals surface area contributed by atoms with Gasteiger partial charge in [-0.2, -0.15) is 0 Å². The van der Waals surface area contributed by atoms with Crippen LogP contribution in [0.25, 0.3) is 0 Å². The maximum absolute atomic E-state index is 12.2. The van der Waals surface area contributed by atoms with Crippen LogP contribution in [0.3, 0.4) is 0 Å². The third kappa shape index (κ3) is 4.56. The molecule has 0 aliphatic heterocycles. The van der Waals surface area contributed by atoms with Gasteiger partial charge in [0.25, 0.3) is 5.91 Å². The molecule has 7 heteroatoms. The third-order valence-corrected chi connectivity index (χ3v) is 4.54. The van der Waals surface area contributed by atoms with Crippen molar-refractivity contribution >= 4 is 21.6 Å². The summed E-state index contributed by atoms with van der Waals surface area (Å²) in [6, 6.07) is 11.2. The van der Waals surface area contributed by atoms with Crippen molar-refractivity contribution < 1.29 is 17.9 Å². The van der Waals surface area contributed by atoms with E-state index < -0.39 is 16.1 Å². The first kappa shape index (κ1) is 18.0. The van der Waals surface area contributed by atoms with Gasteiger partial charge < -0.3 is 10.1 Å². The van der Waals surface area contributed by atoms with Gasteiger partial charge in [-0.15, -0.1) is 0 Å². The minimum atomic E-state index is -3.75. The van der Waals surface area contributed by atoms with E-state index in [1.165, 1.54) is 24.3 Å². The number of carbonyl (C=O) groups is 1. The van der Waals surface area contributed by atoms with Crippen molar-refractivity contribution in [2.45, 2.75) is 31.8 Å². The number of rotatable bonds is 5. The quantitative estimate of drug-likeness (QED) is 0.866. The molecule has 0 saturated carbocycles. The van der Waals surface area contributed by atoms with E-state index in [9.17, 15) is 13.2 Å². The van der Waals surface area contributed by atoms with E-state index in [1.54, 1.807) is 6.92 Å². The second-order valence-corrected chi connectivity index (χ2v) is 7.13. The van der Waals surface area contributed by atoms with Crippen molar-refractivity contribution in [1.82, 2.24) is 0 Å². The molecule has 1 unspecified atom stereocenters. The number of benzene rings is 2. The number of carbonyl (C=O) groups excluding carboxylic acids is 1. The molecule has 24 heavy (non-hydrogen) atoms. The molecule has 0 aromatic heterocycles. The molecular weight excluding hydrogens is 328 g/mol. The average molecular weight is 348 g/mol. The summed E-state index contributed by atoms with van der Waals surface area (Å²) >= 11 is 0. The molecule has 128 valence electrons. The zero-order chi connectivity index (χ0) is 17.9. The zero-order valence-electron chi connectivity index (χ0n) is 13.7. The number of nitrogens with one attached hydrogen (secondary N) is 1. The Hall–Kier alpha value is -2.38. The van der Waals surface area contributed by atoms with Crippen molar-refractivity contribution in [2.24, 2.45) is 5.14 Å². The van der Waals surface area contributed by atoms with Crippen LogP contribution < -0.4 is 15.2 Å². The fraction of sp³-hybridized carbons (Fsp3) is 0.235. The highest BCUT2D eigenvalue weighted by Crippen LogP contribution is 2.18. The van der Waals surface area contributed by atoms with Crippen molar-refractivity contribution in [1.29, 1.82) is 0 Å². The molecule has 0 aliphatic carbocycles. The predicted molar refractivity (Wildman–Crippen MR) is 92.5 cm³/mol. The Kier molecular flexibility index (Phi) is 5.26. The van der Waals surface area contributed by atoms with Gasteiger partial charge >= 0.3 is 0 Å². The van der Waals surface area contributed by atoms with Crippen LogP contribution in [0.2, 0.25) is 0 Å². The Labute approximate surface area is 141 Å². The Morgan fingerprint density at radius 3 is 2.25 bits per heavy atom. The number of anilines is 1. The van der Waals surface area contributed by atoms with Gasteiger partial charge in [-0.1, -0.05) is 6.07 Å². The van der Waals surface area contributed by atoms with E-state index in [0.29, 0.717) is 11.4 Å². The van der Waals surface area contributed by atoms with Crippen LogP contribution in [0.5, 0.6) is 5.75 Å². The van der Waals surface area contributed by atoms with Crippen molar-refractivity contribution in [3.63, 3.8) is 0 Å². The van der Waals surface area contributed by atoms with E-state index >= 15 is 0 Å². The van der Waals surface area contributed by atoms with E-state index in [-0.39, 0.29) is 10.8 Å². The van der Waals surface area contributed by atoms with Crippen LogP contribution in [0.4, 0.5) is 5.69 Å². The number of hydrogen-bond donors (Lipinski definition) is 2. The van der Waals surface area contributed by atoms with E-state index in [1.807, 2.05) is 32.0 Å². The van der Waals surface area contributed by atoms with E-state index in [0.717, 1.165) is 11.1 Å². The Bertz CT molecular complexity index is 845. The van der Waals surface area contributed by atoms with Crippen LogP contribution >= 0.6 is 0 Å². The Morgan fingerprint density at radius 1 is 1.08 bits per heavy atom. The summed E-state index contributed by atoms with van der Waals surface area (Å²) in [5, 5.41) is 7.70. The summed E-state index contributed by atoms with van der Waals surface area (Å²) in [5.41, 5.74) is 2.69. The van der Waals surface area contributed by atoms with Crippen LogP contribution in [-0.2, 0) is 14.8 Å². The minimum absolute atomic E-state index is 0.0140. The molecule has 1 amide bonds. The molecule has 0 fully saturated rings. The lowest BCUT2D eigenvalue weighted by atomic mass is 10.1. The lowest BCUT2D eigenvalue weighted by molar-refractivity contribution is -0.122. The third-order valence-electron chi connectivity index (χ3n) is 3.61. The molecule has 0 heterocycles. The van der Waals surface area contributed by atoms with Gasteiger partial charge in [-0.05, 0) is 68.3 Å². The van der Waals surface area contributed by atoms with Crippen LogP contribution in [0.15, 0.2) is 47.4 Å². The first-order chi connectivity index (χ1) is 11.2. The molecule has 0 bridgehead atoms. The van der Waals surface area contributed by atoms with E-state index in [4.69, 9.17) is 9.88 Å². The maximum Gasteiger partial charge on any atom is 0.265 e. The van der Waals surface area contributed by atoms with Crippen LogP contribution in [-0.4, -0.2) is 20.4 Å². The monoisotopic (exact) mass is 348 g/mol. The number of sulfonamides is 1. The second kappa shape index (κ2) is 7.02. The highest BCUT2D eigenvalue weighted by Gasteiger charge is 2.15. The summed E-state index contributed by atoms with van der Waals surface area (Å²) in [5.74, 6) is 0.280. The number of nitrogens with two attached hydrogens (primary N) is 1. The van der Waals surface area contributed by atoms with Crippen molar-refractivity contribution in [3.05, 3.63) is 53.6 Å². The molecular formula is C17H20N2O4S. The van der Waals surface area contributed by atoms with Gasteiger partial charge in [0.2, 0.25) is 10.0 Å². The largest absolute Gasteiger partial charge is 0.481 e. The summed E-state index contributed by atoms with van der Waals surface area (Å²) in [6.07, 6.45) is -0.704. The maximum atomic E-state index is 12.2. The van der Waals surface area contributed by atoms with E-state index in [2.05, 4.69) is 5.32 Å². The second-order valence-electron chi connectivity index (χ2n) is 5.56. The van der Waals surface area contributed by atoms with Gasteiger partial charge in [0.1, 0.15) is 5.75 Å². The first-order valence-electron chi connectivity index (χ1n) is 7.34. The average Bonchev–Trinajstić information content (AvgIpc) is 2.50. The fourth-order valence-electron chi connectivity index (χ4n) is 2.02. The highest BCUT2D eigenvalue weighted by molar-refractivity contribution is 7.89. The Balaban J connectivity index is 2.02. The SMILES string of the molecule is Cc1ccc(OC(C)C(=O)Nc2ccc(S(N)(=O)=O)cc2)cc1C. The minimum Gasteiger partial charge on any atom is -0.481 e. The topological polar surface area (TPSA) is 98.5 Å². The summed E-state index contributed by atoms with van der Waals surface area (Å²) in [7, 11) is -3.75. The zero-order valence-corrected chi connectivity index (χ0v) is 14.6. The molecule has 0 aliphatic rings. The molecule has 2 aromatic rings. The summed E-state index contributed by atoms with van der Waals surface area (Å²) in [4.78, 5) is 12.2. The molecule has 6 nitrogen and oxygen atoms in total. The van der Waals surface area contributed by atoms with Gasteiger partial charge in [0.15, 0.2) is 6.10 Å². The number of primary sulfonamides is 1. The highest BCUT2D eigenvalue weighted by atomic mass is 32.2. The predicted octanol–water partition coefficient (Wildman–Crippen LogP) is 2.36. The fourth-order valence-corrected chi connectivity index (χ4v) is 2.53. The lowest BCUT2D eigenvalue weighted by Gasteiger charge is -2.15. The molecule has 2 rings (SSSR count). The normalized spacial score (nSPS) is 12.5. The van der Waals surface area contributed by atoms with Gasteiger partial charge in [0, 0.05) is 5.69 Å². The van der Waals surface area contributed by atoms with Gasteiger partial charge in [0.05, 0.1) is 4.90 Å². The standard InChI is InChI=1S/C17H20N2O4S/c1-11-4-7-15(10-12(11)2)23-13(3)17(20)19-14-5-8-16(9-6-14)24(18,21)22/h4-10,13H,1-3H3,(H,19,20)(H2,18,21,22). The number of aryl methyl sites for hydroxylation is 2. The van der Waals surface area contributed by atoms with Crippen LogP contribution in [0, 0.1) is 13.8 Å². The van der Waals surface area contributed by atoms with Gasteiger partial charge in [-0.25, -0.2) is 13.6 Å². The molecule has 0 radical (unpaired) electrons. The smallest absolute Gasteiger partial charge is 0.265 e. The molecule has 3 N–H and O–H groups in total. The first-order valence-corrected chi connectivity index (χ1v) is 8.89. The molecule has 0 saturated heterocycles.